The summed E-state index contributed by atoms with van der Waals surface area (Å²) in [5.74, 6) is 1.68. The van der Waals surface area contributed by atoms with E-state index in [1.165, 1.54) is 0 Å². The molecule has 0 amide bonds. The third-order valence-electron chi connectivity index (χ3n) is 6.03. The van der Waals surface area contributed by atoms with Gasteiger partial charge in [0, 0.05) is 55.9 Å². The minimum atomic E-state index is 0.686. The van der Waals surface area contributed by atoms with E-state index in [1.54, 1.807) is 7.11 Å². The number of aryl methyl sites for hydroxylation is 1. The predicted molar refractivity (Wildman–Crippen MR) is 128 cm³/mol. The second kappa shape index (κ2) is 10.7. The maximum Gasteiger partial charge on any atom is 0.143 e. The molecule has 0 atom stereocenters. The Morgan fingerprint density at radius 2 is 1.69 bits per heavy atom. The number of piperazine rings is 1. The zero-order valence-electron chi connectivity index (χ0n) is 18.5. The van der Waals surface area contributed by atoms with Gasteiger partial charge in [0.25, 0.3) is 0 Å². The molecular weight excluding hydrogens is 424 g/mol. The first kappa shape index (κ1) is 22.5. The molecule has 0 radical (unpaired) electrons. The van der Waals surface area contributed by atoms with E-state index in [2.05, 4.69) is 20.4 Å². The van der Waals surface area contributed by atoms with Gasteiger partial charge in [0.2, 0.25) is 0 Å². The molecule has 1 fully saturated rings. The summed E-state index contributed by atoms with van der Waals surface area (Å²) in [6, 6.07) is 15.7. The van der Waals surface area contributed by atoms with Crippen molar-refractivity contribution in [1.29, 1.82) is 5.26 Å². The minimum Gasteiger partial charge on any atom is -0.495 e. The Hall–Kier alpha value is -2.72. The van der Waals surface area contributed by atoms with E-state index in [4.69, 9.17) is 21.1 Å². The number of benzene rings is 2. The summed E-state index contributed by atoms with van der Waals surface area (Å²) in [7, 11) is 1.68. The van der Waals surface area contributed by atoms with Gasteiger partial charge in [-0.2, -0.15) is 5.26 Å². The van der Waals surface area contributed by atoms with E-state index >= 15 is 0 Å². The van der Waals surface area contributed by atoms with Gasteiger partial charge < -0.3 is 18.9 Å². The van der Waals surface area contributed by atoms with Gasteiger partial charge in [0.15, 0.2) is 0 Å². The summed E-state index contributed by atoms with van der Waals surface area (Å²) >= 11 is 5.91. The Balaban J connectivity index is 1.21. The summed E-state index contributed by atoms with van der Waals surface area (Å²) in [5, 5.41) is 11.2. The van der Waals surface area contributed by atoms with Crippen molar-refractivity contribution >= 4 is 22.5 Å². The highest BCUT2D eigenvalue weighted by Crippen LogP contribution is 2.29. The second-order valence-electron chi connectivity index (χ2n) is 8.04. The molecule has 6 nitrogen and oxygen atoms in total. The Labute approximate surface area is 194 Å². The molecule has 0 N–H and O–H groups in total. The topological polar surface area (TPSA) is 53.7 Å². The first-order valence-corrected chi connectivity index (χ1v) is 11.4. The van der Waals surface area contributed by atoms with Gasteiger partial charge in [0.1, 0.15) is 24.2 Å². The predicted octanol–water partition coefficient (Wildman–Crippen LogP) is 4.26. The molecule has 0 bridgehead atoms. The Kier molecular flexibility index (Phi) is 7.54. The van der Waals surface area contributed by atoms with Crippen molar-refractivity contribution in [2.45, 2.75) is 13.0 Å². The molecule has 0 aliphatic carbocycles. The van der Waals surface area contributed by atoms with Gasteiger partial charge in [-0.25, -0.2) is 0 Å². The van der Waals surface area contributed by atoms with Crippen molar-refractivity contribution in [3.8, 4) is 17.6 Å². The van der Waals surface area contributed by atoms with Gasteiger partial charge in [-0.3, -0.25) is 4.90 Å². The lowest BCUT2D eigenvalue weighted by Crippen LogP contribution is -2.47. The number of aromatic nitrogens is 1. The number of hydrogen-bond donors (Lipinski definition) is 0. The standard InChI is InChI=1S/C25H29ClN4O2/c1-31-24-5-2-4-23-20(18-27)19-30(25(23)24)11-3-10-28-12-14-29(15-13-28)16-17-32-22-8-6-21(26)7-9-22/h2,4-9,19H,3,10-17H2,1H3. The van der Waals surface area contributed by atoms with Crippen LogP contribution >= 0.6 is 11.6 Å². The lowest BCUT2D eigenvalue weighted by molar-refractivity contribution is 0.115. The number of rotatable bonds is 9. The molecule has 168 valence electrons. The molecule has 3 aromatic rings. The maximum absolute atomic E-state index is 9.47. The third kappa shape index (κ3) is 5.36. The highest BCUT2D eigenvalue weighted by atomic mass is 35.5. The second-order valence-corrected chi connectivity index (χ2v) is 8.48. The fraction of sp³-hybridized carbons (Fsp3) is 0.400. The van der Waals surface area contributed by atoms with E-state index < -0.39 is 0 Å². The van der Waals surface area contributed by atoms with E-state index in [9.17, 15) is 5.26 Å². The van der Waals surface area contributed by atoms with Crippen LogP contribution in [0, 0.1) is 11.3 Å². The fourth-order valence-electron chi connectivity index (χ4n) is 4.28. The van der Waals surface area contributed by atoms with Crippen LogP contribution in [0.15, 0.2) is 48.7 Å². The van der Waals surface area contributed by atoms with Crippen LogP contribution in [-0.2, 0) is 6.54 Å². The Morgan fingerprint density at radius 3 is 2.38 bits per heavy atom. The summed E-state index contributed by atoms with van der Waals surface area (Å²) < 4.78 is 13.5. The van der Waals surface area contributed by atoms with Crippen LogP contribution in [0.5, 0.6) is 11.5 Å². The van der Waals surface area contributed by atoms with Crippen LogP contribution in [0.4, 0.5) is 0 Å². The van der Waals surface area contributed by atoms with E-state index in [-0.39, 0.29) is 0 Å². The highest BCUT2D eigenvalue weighted by molar-refractivity contribution is 6.30. The lowest BCUT2D eigenvalue weighted by Gasteiger charge is -2.34. The maximum atomic E-state index is 9.47. The first-order chi connectivity index (χ1) is 15.7. The first-order valence-electron chi connectivity index (χ1n) is 11.1. The fourth-order valence-corrected chi connectivity index (χ4v) is 4.41. The number of nitrogens with zero attached hydrogens (tertiary/aromatic N) is 4. The number of para-hydroxylation sites is 1. The normalized spacial score (nSPS) is 15.0. The Morgan fingerprint density at radius 1 is 0.969 bits per heavy atom. The summed E-state index contributed by atoms with van der Waals surface area (Å²) in [6.45, 7) is 7.79. The molecule has 32 heavy (non-hydrogen) atoms. The summed E-state index contributed by atoms with van der Waals surface area (Å²) in [5.41, 5.74) is 1.71. The number of fused-ring (bicyclic) bond motifs is 1. The van der Waals surface area contributed by atoms with E-state index in [1.807, 2.05) is 48.7 Å². The molecule has 0 saturated carbocycles. The largest absolute Gasteiger partial charge is 0.495 e. The van der Waals surface area contributed by atoms with Crippen molar-refractivity contribution in [1.82, 2.24) is 14.4 Å². The highest BCUT2D eigenvalue weighted by Gasteiger charge is 2.17. The molecule has 0 unspecified atom stereocenters. The molecule has 2 aromatic carbocycles. The van der Waals surface area contributed by atoms with Crippen LogP contribution in [0.3, 0.4) is 0 Å². The number of methoxy groups -OCH3 is 1. The monoisotopic (exact) mass is 452 g/mol. The van der Waals surface area contributed by atoms with Crippen LogP contribution in [0.2, 0.25) is 5.02 Å². The van der Waals surface area contributed by atoms with Crippen molar-refractivity contribution < 1.29 is 9.47 Å². The van der Waals surface area contributed by atoms with Crippen molar-refractivity contribution in [2.75, 3.05) is 53.0 Å². The van der Waals surface area contributed by atoms with Gasteiger partial charge in [0.05, 0.1) is 18.2 Å². The quantitative estimate of drug-likeness (QED) is 0.485. The SMILES string of the molecule is COc1cccc2c(C#N)cn(CCCN3CCN(CCOc4ccc(Cl)cc4)CC3)c12. The van der Waals surface area contributed by atoms with E-state index in [0.717, 1.165) is 79.7 Å². The van der Waals surface area contributed by atoms with Crippen molar-refractivity contribution in [3.63, 3.8) is 0 Å². The van der Waals surface area contributed by atoms with Gasteiger partial charge in [-0.15, -0.1) is 0 Å². The zero-order chi connectivity index (χ0) is 22.3. The van der Waals surface area contributed by atoms with Crippen LogP contribution in [-0.4, -0.2) is 67.4 Å². The third-order valence-corrected chi connectivity index (χ3v) is 6.28. The molecule has 7 heteroatoms. The van der Waals surface area contributed by atoms with E-state index in [0.29, 0.717) is 12.2 Å². The van der Waals surface area contributed by atoms with Crippen LogP contribution in [0.25, 0.3) is 10.9 Å². The van der Waals surface area contributed by atoms with Gasteiger partial charge in [-0.05, 0) is 43.3 Å². The molecule has 0 spiro atoms. The van der Waals surface area contributed by atoms with Gasteiger partial charge >= 0.3 is 0 Å². The molecule has 2 heterocycles. The van der Waals surface area contributed by atoms with Crippen molar-refractivity contribution in [3.05, 3.63) is 59.2 Å². The average Bonchev–Trinajstić information content (AvgIpc) is 3.19. The minimum absolute atomic E-state index is 0.686. The Bertz CT molecular complexity index is 1070. The number of ether oxygens (including phenoxy) is 2. The molecule has 1 aliphatic heterocycles. The van der Waals surface area contributed by atoms with Crippen molar-refractivity contribution in [2.24, 2.45) is 0 Å². The smallest absolute Gasteiger partial charge is 0.143 e. The molecule has 1 aromatic heterocycles. The van der Waals surface area contributed by atoms with Crippen LogP contribution < -0.4 is 9.47 Å². The summed E-state index contributed by atoms with van der Waals surface area (Å²) in [4.78, 5) is 4.97. The number of halogens is 1. The number of hydrogen-bond acceptors (Lipinski definition) is 5. The van der Waals surface area contributed by atoms with Gasteiger partial charge in [-0.1, -0.05) is 23.7 Å². The molecule has 4 rings (SSSR count). The van der Waals surface area contributed by atoms with Crippen LogP contribution in [0.1, 0.15) is 12.0 Å². The summed E-state index contributed by atoms with van der Waals surface area (Å²) in [6.07, 6.45) is 2.98. The lowest BCUT2D eigenvalue weighted by atomic mass is 10.2. The molecule has 1 aliphatic rings. The molecule has 1 saturated heterocycles. The molecular formula is C25H29ClN4O2. The average molecular weight is 453 g/mol. The zero-order valence-corrected chi connectivity index (χ0v) is 19.2. The number of nitriles is 1.